The smallest absolute Gasteiger partial charge is 0.328 e. The van der Waals surface area contributed by atoms with E-state index in [9.17, 15) is 9.59 Å². The fraction of sp³-hybridized carbons (Fsp3) is 0.200. The molecule has 0 saturated heterocycles. The molecule has 2 aromatic rings. The van der Waals surface area contributed by atoms with Crippen LogP contribution in [0.5, 0.6) is 0 Å². The van der Waals surface area contributed by atoms with Crippen LogP contribution in [0.3, 0.4) is 0 Å². The highest BCUT2D eigenvalue weighted by Crippen LogP contribution is 2.11. The number of amides is 1. The average molecular weight is 288 g/mol. The maximum atomic E-state index is 12.1. The van der Waals surface area contributed by atoms with Gasteiger partial charge in [-0.3, -0.25) is 4.79 Å². The Morgan fingerprint density at radius 1 is 1.29 bits per heavy atom. The maximum absolute atomic E-state index is 12.1. The van der Waals surface area contributed by atoms with Crippen LogP contribution in [-0.4, -0.2) is 41.3 Å². The number of methoxy groups -OCH3 is 1. The average Bonchev–Trinajstić information content (AvgIpc) is 3.01. The molecule has 21 heavy (non-hydrogen) atoms. The van der Waals surface area contributed by atoms with E-state index >= 15 is 0 Å². The van der Waals surface area contributed by atoms with Crippen molar-refractivity contribution in [3.05, 3.63) is 54.4 Å². The van der Waals surface area contributed by atoms with E-state index in [1.165, 1.54) is 7.11 Å². The van der Waals surface area contributed by atoms with Crippen molar-refractivity contribution in [2.24, 2.45) is 0 Å². The Morgan fingerprint density at radius 3 is 2.62 bits per heavy atom. The molecule has 6 nitrogen and oxygen atoms in total. The monoisotopic (exact) mass is 288 g/mol. The highest BCUT2D eigenvalue weighted by atomic mass is 16.5. The van der Waals surface area contributed by atoms with Crippen molar-refractivity contribution in [3.8, 4) is 5.69 Å². The fourth-order valence-corrected chi connectivity index (χ4v) is 1.90. The SMILES string of the molecule is COCC(NC(=O)c1cccc(-n2cccc2)c1)C(=O)O. The molecule has 0 aliphatic rings. The molecule has 1 heterocycles. The van der Waals surface area contributed by atoms with Crippen molar-refractivity contribution in [2.75, 3.05) is 13.7 Å². The van der Waals surface area contributed by atoms with E-state index in [1.54, 1.807) is 18.2 Å². The Bertz CT molecular complexity index is 622. The highest BCUT2D eigenvalue weighted by Gasteiger charge is 2.20. The first-order valence-corrected chi connectivity index (χ1v) is 6.38. The van der Waals surface area contributed by atoms with E-state index in [-0.39, 0.29) is 6.61 Å². The van der Waals surface area contributed by atoms with Gasteiger partial charge < -0.3 is 19.7 Å². The van der Waals surface area contributed by atoms with Crippen LogP contribution in [0.4, 0.5) is 0 Å². The van der Waals surface area contributed by atoms with Crippen molar-refractivity contribution >= 4 is 11.9 Å². The summed E-state index contributed by atoms with van der Waals surface area (Å²) < 4.78 is 6.65. The zero-order valence-electron chi connectivity index (χ0n) is 11.5. The molecule has 0 spiro atoms. The lowest BCUT2D eigenvalue weighted by atomic mass is 10.1. The topological polar surface area (TPSA) is 80.6 Å². The first-order valence-electron chi connectivity index (χ1n) is 6.38. The van der Waals surface area contributed by atoms with Crippen LogP contribution in [-0.2, 0) is 9.53 Å². The number of aliphatic carboxylic acids is 1. The maximum Gasteiger partial charge on any atom is 0.328 e. The van der Waals surface area contributed by atoms with E-state index in [0.717, 1.165) is 5.69 Å². The molecule has 1 atom stereocenters. The van der Waals surface area contributed by atoms with Crippen LogP contribution >= 0.6 is 0 Å². The summed E-state index contributed by atoms with van der Waals surface area (Å²) in [5.41, 5.74) is 1.22. The number of nitrogens with zero attached hydrogens (tertiary/aromatic N) is 1. The van der Waals surface area contributed by atoms with Crippen molar-refractivity contribution in [1.82, 2.24) is 9.88 Å². The van der Waals surface area contributed by atoms with Crippen LogP contribution in [0.2, 0.25) is 0 Å². The molecule has 0 saturated carbocycles. The molecule has 110 valence electrons. The van der Waals surface area contributed by atoms with Crippen molar-refractivity contribution in [1.29, 1.82) is 0 Å². The van der Waals surface area contributed by atoms with Gasteiger partial charge in [0.15, 0.2) is 6.04 Å². The molecule has 1 amide bonds. The minimum absolute atomic E-state index is 0.0850. The third-order valence-corrected chi connectivity index (χ3v) is 2.95. The summed E-state index contributed by atoms with van der Waals surface area (Å²) in [5.74, 6) is -1.58. The lowest BCUT2D eigenvalue weighted by Crippen LogP contribution is -2.43. The van der Waals surface area contributed by atoms with Gasteiger partial charge >= 0.3 is 5.97 Å². The molecule has 0 aliphatic heterocycles. The lowest BCUT2D eigenvalue weighted by Gasteiger charge is -2.14. The highest BCUT2D eigenvalue weighted by molar-refractivity contribution is 5.97. The zero-order valence-corrected chi connectivity index (χ0v) is 11.5. The number of hydrogen-bond acceptors (Lipinski definition) is 3. The molecular weight excluding hydrogens is 272 g/mol. The Hall–Kier alpha value is -2.60. The molecule has 1 unspecified atom stereocenters. The van der Waals surface area contributed by atoms with Gasteiger partial charge in [0.1, 0.15) is 0 Å². The third-order valence-electron chi connectivity index (χ3n) is 2.95. The predicted molar refractivity (Wildman–Crippen MR) is 76.5 cm³/mol. The number of carbonyl (C=O) groups excluding carboxylic acids is 1. The Balaban J connectivity index is 2.16. The van der Waals surface area contributed by atoms with Crippen molar-refractivity contribution < 1.29 is 19.4 Å². The summed E-state index contributed by atoms with van der Waals surface area (Å²) in [6.45, 7) is -0.0850. The quantitative estimate of drug-likeness (QED) is 0.839. The fourth-order valence-electron chi connectivity index (χ4n) is 1.90. The van der Waals surface area contributed by atoms with Crippen LogP contribution in [0, 0.1) is 0 Å². The number of carboxylic acids is 1. The van der Waals surface area contributed by atoms with Gasteiger partial charge in [-0.1, -0.05) is 6.07 Å². The standard InChI is InChI=1S/C15H16N2O4/c1-21-10-13(15(19)20)16-14(18)11-5-4-6-12(9-11)17-7-2-3-8-17/h2-9,13H,10H2,1H3,(H,16,18)(H,19,20). The van der Waals surface area contributed by atoms with Gasteiger partial charge in [-0.2, -0.15) is 0 Å². The molecule has 0 bridgehead atoms. The van der Waals surface area contributed by atoms with Gasteiger partial charge in [0.2, 0.25) is 0 Å². The Kier molecular flexibility index (Phi) is 4.73. The molecule has 0 aliphatic carbocycles. The van der Waals surface area contributed by atoms with E-state index in [0.29, 0.717) is 5.56 Å². The third kappa shape index (κ3) is 3.70. The van der Waals surface area contributed by atoms with E-state index in [4.69, 9.17) is 9.84 Å². The number of aromatic nitrogens is 1. The van der Waals surface area contributed by atoms with E-state index in [2.05, 4.69) is 5.32 Å². The van der Waals surface area contributed by atoms with Gasteiger partial charge in [-0.15, -0.1) is 0 Å². The summed E-state index contributed by atoms with van der Waals surface area (Å²) in [5, 5.41) is 11.4. The molecule has 2 rings (SSSR count). The zero-order chi connectivity index (χ0) is 15.2. The Morgan fingerprint density at radius 2 is 2.00 bits per heavy atom. The number of ether oxygens (including phenoxy) is 1. The summed E-state index contributed by atoms with van der Waals surface area (Å²) in [4.78, 5) is 23.1. The molecule has 2 N–H and O–H groups in total. The number of nitrogens with one attached hydrogen (secondary N) is 1. The van der Waals surface area contributed by atoms with E-state index in [1.807, 2.05) is 35.2 Å². The van der Waals surface area contributed by atoms with Gasteiger partial charge in [0.05, 0.1) is 6.61 Å². The number of hydrogen-bond donors (Lipinski definition) is 2. The number of benzene rings is 1. The van der Waals surface area contributed by atoms with Crippen LogP contribution in [0.25, 0.3) is 5.69 Å². The summed E-state index contributed by atoms with van der Waals surface area (Å²) in [6.07, 6.45) is 3.73. The minimum atomic E-state index is -1.13. The van der Waals surface area contributed by atoms with E-state index < -0.39 is 17.9 Å². The molecule has 1 aromatic carbocycles. The van der Waals surface area contributed by atoms with Crippen molar-refractivity contribution in [3.63, 3.8) is 0 Å². The van der Waals surface area contributed by atoms with Crippen molar-refractivity contribution in [2.45, 2.75) is 6.04 Å². The lowest BCUT2D eigenvalue weighted by molar-refractivity contribution is -0.140. The summed E-state index contributed by atoms with van der Waals surface area (Å²) >= 11 is 0. The van der Waals surface area contributed by atoms with Gasteiger partial charge in [-0.05, 0) is 30.3 Å². The largest absolute Gasteiger partial charge is 0.480 e. The molecule has 0 fully saturated rings. The van der Waals surface area contributed by atoms with Gasteiger partial charge in [0, 0.05) is 30.8 Å². The predicted octanol–water partition coefficient (Wildman–Crippen LogP) is 1.31. The van der Waals surface area contributed by atoms with Gasteiger partial charge in [0.25, 0.3) is 5.91 Å². The molecule has 0 radical (unpaired) electrons. The normalized spacial score (nSPS) is 11.9. The molecule has 1 aromatic heterocycles. The Labute approximate surface area is 122 Å². The second kappa shape index (κ2) is 6.71. The number of rotatable bonds is 6. The molecule has 6 heteroatoms. The van der Waals surface area contributed by atoms with Gasteiger partial charge in [-0.25, -0.2) is 4.79 Å². The second-order valence-electron chi connectivity index (χ2n) is 4.46. The summed E-state index contributed by atoms with van der Waals surface area (Å²) in [7, 11) is 1.38. The van der Waals surface area contributed by atoms with Crippen LogP contribution in [0.1, 0.15) is 10.4 Å². The number of carbonyl (C=O) groups is 2. The van der Waals surface area contributed by atoms with Crippen LogP contribution in [0.15, 0.2) is 48.8 Å². The minimum Gasteiger partial charge on any atom is -0.480 e. The first-order chi connectivity index (χ1) is 10.1. The number of carboxylic acid groups (broad SMARTS) is 1. The van der Waals surface area contributed by atoms with Crippen LogP contribution < -0.4 is 5.32 Å². The second-order valence-corrected chi connectivity index (χ2v) is 4.46. The molecular formula is C15H16N2O4. The summed E-state index contributed by atoms with van der Waals surface area (Å²) in [6, 6.07) is 9.63. The first kappa shape index (κ1) is 14.8.